The van der Waals surface area contributed by atoms with Crippen molar-refractivity contribution in [3.05, 3.63) is 12.1 Å². The van der Waals surface area contributed by atoms with E-state index in [4.69, 9.17) is 5.73 Å². The van der Waals surface area contributed by atoms with Crippen LogP contribution in [-0.4, -0.2) is 44.9 Å². The van der Waals surface area contributed by atoms with Crippen molar-refractivity contribution >= 4 is 11.5 Å². The van der Waals surface area contributed by atoms with Gasteiger partial charge < -0.3 is 10.6 Å². The van der Waals surface area contributed by atoms with E-state index in [-0.39, 0.29) is 0 Å². The van der Waals surface area contributed by atoms with Crippen LogP contribution >= 0.6 is 0 Å². The van der Waals surface area contributed by atoms with Crippen molar-refractivity contribution in [2.75, 3.05) is 24.5 Å². The largest absolute Gasteiger partial charge is 0.355 e. The standard InChI is InChI=1S/C10H17N7/c1-2-7-16(8-3-6-11)10-5-4-9-12-14-15-17(9)13-10/h4-5H,2-3,6-8,11H2,1H3. The van der Waals surface area contributed by atoms with Crippen LogP contribution in [0.3, 0.4) is 0 Å². The van der Waals surface area contributed by atoms with Gasteiger partial charge in [0.05, 0.1) is 0 Å². The predicted molar refractivity (Wildman–Crippen MR) is 64.8 cm³/mol. The van der Waals surface area contributed by atoms with E-state index in [1.165, 1.54) is 4.63 Å². The first-order valence-corrected chi connectivity index (χ1v) is 5.85. The SMILES string of the molecule is CCCN(CCCN)c1ccc2nnnn2n1. The molecule has 7 nitrogen and oxygen atoms in total. The Balaban J connectivity index is 2.20. The van der Waals surface area contributed by atoms with Gasteiger partial charge in [0, 0.05) is 13.1 Å². The van der Waals surface area contributed by atoms with Crippen LogP contribution < -0.4 is 10.6 Å². The lowest BCUT2D eigenvalue weighted by Gasteiger charge is -2.22. The Kier molecular flexibility index (Phi) is 3.81. The number of nitrogens with two attached hydrogens (primary N) is 1. The molecule has 7 heteroatoms. The summed E-state index contributed by atoms with van der Waals surface area (Å²) >= 11 is 0. The molecule has 0 aromatic carbocycles. The van der Waals surface area contributed by atoms with Gasteiger partial charge in [0.15, 0.2) is 11.5 Å². The maximum Gasteiger partial charge on any atom is 0.200 e. The van der Waals surface area contributed by atoms with Crippen LogP contribution in [0.1, 0.15) is 19.8 Å². The number of aromatic nitrogens is 5. The van der Waals surface area contributed by atoms with Crippen LogP contribution in [-0.2, 0) is 0 Å². The summed E-state index contributed by atoms with van der Waals surface area (Å²) in [6.07, 6.45) is 2.02. The molecule has 0 aliphatic heterocycles. The van der Waals surface area contributed by atoms with E-state index in [2.05, 4.69) is 32.4 Å². The molecule has 0 spiro atoms. The molecular formula is C10H17N7. The van der Waals surface area contributed by atoms with Gasteiger partial charge in [-0.25, -0.2) is 0 Å². The van der Waals surface area contributed by atoms with E-state index in [1.807, 2.05) is 12.1 Å². The first-order chi connectivity index (χ1) is 8.35. The molecule has 2 N–H and O–H groups in total. The summed E-state index contributed by atoms with van der Waals surface area (Å²) in [5, 5.41) is 15.6. The number of tetrazole rings is 1. The van der Waals surface area contributed by atoms with Gasteiger partial charge in [0.25, 0.3) is 0 Å². The molecule has 0 aliphatic rings. The molecule has 0 atom stereocenters. The van der Waals surface area contributed by atoms with E-state index in [1.54, 1.807) is 0 Å². The quantitative estimate of drug-likeness (QED) is 0.763. The van der Waals surface area contributed by atoms with Gasteiger partial charge in [-0.15, -0.1) is 14.8 Å². The third-order valence-corrected chi connectivity index (χ3v) is 2.51. The van der Waals surface area contributed by atoms with E-state index < -0.39 is 0 Å². The molecule has 0 saturated heterocycles. The smallest absolute Gasteiger partial charge is 0.200 e. The van der Waals surface area contributed by atoms with E-state index in [0.29, 0.717) is 12.2 Å². The summed E-state index contributed by atoms with van der Waals surface area (Å²) in [5.74, 6) is 0.889. The van der Waals surface area contributed by atoms with Gasteiger partial charge in [-0.3, -0.25) is 0 Å². The summed E-state index contributed by atoms with van der Waals surface area (Å²) in [4.78, 5) is 2.20. The second kappa shape index (κ2) is 5.53. The zero-order valence-electron chi connectivity index (χ0n) is 9.95. The van der Waals surface area contributed by atoms with Crippen LogP contribution in [0.25, 0.3) is 5.65 Å². The molecule has 2 aromatic heterocycles. The highest BCUT2D eigenvalue weighted by Crippen LogP contribution is 2.11. The minimum Gasteiger partial charge on any atom is -0.355 e. The number of fused-ring (bicyclic) bond motifs is 1. The number of hydrogen-bond acceptors (Lipinski definition) is 6. The van der Waals surface area contributed by atoms with Gasteiger partial charge in [0.2, 0.25) is 0 Å². The Hall–Kier alpha value is -1.76. The van der Waals surface area contributed by atoms with Crippen LogP contribution in [0.5, 0.6) is 0 Å². The maximum absolute atomic E-state index is 5.54. The van der Waals surface area contributed by atoms with Gasteiger partial charge in [-0.05, 0) is 41.9 Å². The molecule has 0 radical (unpaired) electrons. The summed E-state index contributed by atoms with van der Waals surface area (Å²) < 4.78 is 1.44. The van der Waals surface area contributed by atoms with Crippen LogP contribution in [0.2, 0.25) is 0 Å². The average molecular weight is 235 g/mol. The van der Waals surface area contributed by atoms with Crippen LogP contribution in [0, 0.1) is 0 Å². The molecule has 2 rings (SSSR count). The zero-order chi connectivity index (χ0) is 12.1. The van der Waals surface area contributed by atoms with Crippen molar-refractivity contribution in [3.8, 4) is 0 Å². The lowest BCUT2D eigenvalue weighted by Crippen LogP contribution is -2.28. The number of rotatable bonds is 6. The lowest BCUT2D eigenvalue weighted by molar-refractivity contribution is 0.677. The van der Waals surface area contributed by atoms with Crippen molar-refractivity contribution in [2.45, 2.75) is 19.8 Å². The van der Waals surface area contributed by atoms with Crippen molar-refractivity contribution in [1.82, 2.24) is 25.3 Å². The molecule has 2 aromatic rings. The number of nitrogens with zero attached hydrogens (tertiary/aromatic N) is 6. The second-order valence-corrected chi connectivity index (χ2v) is 3.85. The summed E-state index contributed by atoms with van der Waals surface area (Å²) in [7, 11) is 0. The average Bonchev–Trinajstić information content (AvgIpc) is 2.81. The monoisotopic (exact) mass is 235 g/mol. The zero-order valence-corrected chi connectivity index (χ0v) is 9.95. The first-order valence-electron chi connectivity index (χ1n) is 5.85. The fourth-order valence-electron chi connectivity index (χ4n) is 1.70. The molecule has 17 heavy (non-hydrogen) atoms. The minimum atomic E-state index is 0.657. The number of hydrogen-bond donors (Lipinski definition) is 1. The highest BCUT2D eigenvalue weighted by atomic mass is 15.6. The highest BCUT2D eigenvalue weighted by Gasteiger charge is 2.08. The van der Waals surface area contributed by atoms with Crippen molar-refractivity contribution in [1.29, 1.82) is 0 Å². The molecule has 92 valence electrons. The number of anilines is 1. The van der Waals surface area contributed by atoms with Gasteiger partial charge >= 0.3 is 0 Å². The van der Waals surface area contributed by atoms with Crippen molar-refractivity contribution in [3.63, 3.8) is 0 Å². The molecule has 0 fully saturated rings. The Bertz CT molecular complexity index is 466. The molecule has 0 aliphatic carbocycles. The Morgan fingerprint density at radius 3 is 3.00 bits per heavy atom. The lowest BCUT2D eigenvalue weighted by atomic mass is 10.3. The fourth-order valence-corrected chi connectivity index (χ4v) is 1.70. The molecule has 0 bridgehead atoms. The third-order valence-electron chi connectivity index (χ3n) is 2.51. The van der Waals surface area contributed by atoms with Gasteiger partial charge in [0.1, 0.15) is 0 Å². The third kappa shape index (κ3) is 2.68. The second-order valence-electron chi connectivity index (χ2n) is 3.85. The molecule has 2 heterocycles. The maximum atomic E-state index is 5.54. The fraction of sp³-hybridized carbons (Fsp3) is 0.600. The van der Waals surface area contributed by atoms with Crippen molar-refractivity contribution in [2.24, 2.45) is 5.73 Å². The Morgan fingerprint density at radius 1 is 1.35 bits per heavy atom. The van der Waals surface area contributed by atoms with Crippen molar-refractivity contribution < 1.29 is 0 Å². The van der Waals surface area contributed by atoms with Gasteiger partial charge in [-0.2, -0.15) is 0 Å². The molecule has 0 amide bonds. The summed E-state index contributed by atoms with van der Waals surface area (Å²) in [6, 6.07) is 3.81. The Morgan fingerprint density at radius 2 is 2.24 bits per heavy atom. The first kappa shape index (κ1) is 11.7. The Labute approximate surface area is 99.6 Å². The molecular weight excluding hydrogens is 218 g/mol. The topological polar surface area (TPSA) is 85.2 Å². The minimum absolute atomic E-state index is 0.657. The normalized spacial score (nSPS) is 10.9. The highest BCUT2D eigenvalue weighted by molar-refractivity contribution is 5.44. The van der Waals surface area contributed by atoms with Crippen LogP contribution in [0.15, 0.2) is 12.1 Å². The summed E-state index contributed by atoms with van der Waals surface area (Å²) in [5.41, 5.74) is 6.20. The van der Waals surface area contributed by atoms with Crippen LogP contribution in [0.4, 0.5) is 5.82 Å². The summed E-state index contributed by atoms with van der Waals surface area (Å²) in [6.45, 7) is 4.70. The van der Waals surface area contributed by atoms with E-state index >= 15 is 0 Å². The molecule has 0 saturated carbocycles. The molecule has 0 unspecified atom stereocenters. The predicted octanol–water partition coefficient (Wildman–Crippen LogP) is 0.0845. The van der Waals surface area contributed by atoms with E-state index in [0.717, 1.165) is 31.7 Å². The van der Waals surface area contributed by atoms with Gasteiger partial charge in [-0.1, -0.05) is 6.92 Å². The van der Waals surface area contributed by atoms with E-state index in [9.17, 15) is 0 Å².